The molecule has 0 heterocycles. The number of hydrogen-bond donors (Lipinski definition) is 1. The maximum absolute atomic E-state index is 14.0. The number of rotatable bonds is 7. The van der Waals surface area contributed by atoms with Crippen LogP contribution in [0.2, 0.25) is 0 Å². The van der Waals surface area contributed by atoms with E-state index in [0.717, 1.165) is 43.9 Å². The third kappa shape index (κ3) is 13.8. The van der Waals surface area contributed by atoms with Gasteiger partial charge in [-0.1, -0.05) is 61.0 Å². The lowest BCUT2D eigenvalue weighted by Crippen LogP contribution is -2.34. The van der Waals surface area contributed by atoms with Crippen molar-refractivity contribution in [1.29, 1.82) is 0 Å². The zero-order valence-electron chi connectivity index (χ0n) is 22.9. The largest absolute Gasteiger partial charge is 0.394 e. The van der Waals surface area contributed by atoms with E-state index in [-0.39, 0.29) is 18.0 Å². The molecule has 0 aliphatic rings. The van der Waals surface area contributed by atoms with Gasteiger partial charge < -0.3 is 5.11 Å². The lowest BCUT2D eigenvalue weighted by atomic mass is 9.86. The van der Waals surface area contributed by atoms with Gasteiger partial charge in [0, 0.05) is 18.6 Å². The second-order valence-corrected chi connectivity index (χ2v) is 10.5. The summed E-state index contributed by atoms with van der Waals surface area (Å²) in [7, 11) is 0. The Morgan fingerprint density at radius 1 is 1.06 bits per heavy atom. The second-order valence-electron chi connectivity index (χ2n) is 10.5. The fraction of sp³-hybridized carbons (Fsp3) is 0.704. The van der Waals surface area contributed by atoms with Crippen molar-refractivity contribution in [2.45, 2.75) is 114 Å². The molecular formula is C27H45F4NO2. The van der Waals surface area contributed by atoms with Gasteiger partial charge >= 0.3 is 6.18 Å². The minimum absolute atomic E-state index is 0.166. The van der Waals surface area contributed by atoms with E-state index < -0.39 is 23.6 Å². The second kappa shape index (κ2) is 14.6. The zero-order chi connectivity index (χ0) is 27.5. The van der Waals surface area contributed by atoms with E-state index >= 15 is 0 Å². The standard InChI is InChI=1S/C15H22FNO.C8H13F3O.C4H10/c1-6-7-11(3)17-14-10(2)8-12(9-13(14)16)15(4,5)18;1-4-6(12)5-7(2,3)8(9,10)11;1-4(2)3/h8-9,18H,6-7H2,1-5H3;4-5H2,1-3H3;4H,1-3H3. The summed E-state index contributed by atoms with van der Waals surface area (Å²) in [6, 6.07) is 3.16. The number of Topliss-reactive ketones (excluding diaryl/α,β-unsaturated/α-hetero) is 1. The average Bonchev–Trinajstić information content (AvgIpc) is 2.62. The van der Waals surface area contributed by atoms with Crippen LogP contribution in [0.15, 0.2) is 17.1 Å². The molecule has 1 N–H and O–H groups in total. The Morgan fingerprint density at radius 2 is 1.53 bits per heavy atom. The van der Waals surface area contributed by atoms with Gasteiger partial charge in [0.2, 0.25) is 0 Å². The molecule has 0 amide bonds. The van der Waals surface area contributed by atoms with E-state index in [9.17, 15) is 27.5 Å². The summed E-state index contributed by atoms with van der Waals surface area (Å²) in [5.74, 6) is 0.111. The van der Waals surface area contributed by atoms with E-state index in [4.69, 9.17) is 0 Å². The number of benzene rings is 1. The van der Waals surface area contributed by atoms with E-state index in [0.29, 0.717) is 11.3 Å². The normalized spacial score (nSPS) is 12.6. The van der Waals surface area contributed by atoms with Gasteiger partial charge in [0.15, 0.2) is 0 Å². The first kappa shape index (κ1) is 34.4. The number of aliphatic imine (C=N–C) groups is 1. The van der Waals surface area contributed by atoms with Gasteiger partial charge in [-0.15, -0.1) is 0 Å². The summed E-state index contributed by atoms with van der Waals surface area (Å²) in [5.41, 5.74) is -0.288. The van der Waals surface area contributed by atoms with Crippen LogP contribution < -0.4 is 0 Å². The molecule has 198 valence electrons. The minimum Gasteiger partial charge on any atom is -0.386 e. The number of halogens is 4. The molecule has 0 bridgehead atoms. The lowest BCUT2D eigenvalue weighted by molar-refractivity contribution is -0.213. The molecule has 1 aromatic carbocycles. The van der Waals surface area contributed by atoms with Gasteiger partial charge in [-0.25, -0.2) is 4.39 Å². The first-order valence-electron chi connectivity index (χ1n) is 11.8. The fourth-order valence-corrected chi connectivity index (χ4v) is 2.56. The first-order valence-corrected chi connectivity index (χ1v) is 11.8. The molecule has 7 heteroatoms. The van der Waals surface area contributed by atoms with Crippen molar-refractivity contribution in [3.63, 3.8) is 0 Å². The average molecular weight is 492 g/mol. The van der Waals surface area contributed by atoms with E-state index in [1.807, 2.05) is 13.8 Å². The van der Waals surface area contributed by atoms with Crippen LogP contribution >= 0.6 is 0 Å². The topological polar surface area (TPSA) is 49.7 Å². The molecule has 0 atom stereocenters. The molecule has 0 fully saturated rings. The van der Waals surface area contributed by atoms with Gasteiger partial charge in [-0.2, -0.15) is 13.2 Å². The lowest BCUT2D eigenvalue weighted by Gasteiger charge is -2.26. The summed E-state index contributed by atoms with van der Waals surface area (Å²) in [6.45, 7) is 19.2. The van der Waals surface area contributed by atoms with Gasteiger partial charge in [-0.3, -0.25) is 9.79 Å². The number of ketones is 1. The summed E-state index contributed by atoms with van der Waals surface area (Å²) >= 11 is 0. The van der Waals surface area contributed by atoms with E-state index in [1.165, 1.54) is 6.07 Å². The van der Waals surface area contributed by atoms with Gasteiger partial charge in [-0.05, 0) is 57.2 Å². The zero-order valence-corrected chi connectivity index (χ0v) is 22.9. The first-order chi connectivity index (χ1) is 15.2. The Balaban J connectivity index is 0. The summed E-state index contributed by atoms with van der Waals surface area (Å²) in [6.07, 6.45) is -2.69. The van der Waals surface area contributed by atoms with Crippen LogP contribution in [0.5, 0.6) is 0 Å². The van der Waals surface area contributed by atoms with Gasteiger partial charge in [0.1, 0.15) is 17.3 Å². The summed E-state index contributed by atoms with van der Waals surface area (Å²) in [4.78, 5) is 15.1. The highest BCUT2D eigenvalue weighted by atomic mass is 19.4. The molecule has 3 nitrogen and oxygen atoms in total. The van der Waals surface area contributed by atoms with Crippen molar-refractivity contribution in [3.8, 4) is 0 Å². The highest BCUT2D eigenvalue weighted by molar-refractivity contribution is 5.85. The maximum Gasteiger partial charge on any atom is 0.394 e. The van der Waals surface area contributed by atoms with Gasteiger partial charge in [0.05, 0.1) is 11.0 Å². The Kier molecular flexibility index (Phi) is 14.8. The quantitative estimate of drug-likeness (QED) is 0.306. The fourth-order valence-electron chi connectivity index (χ4n) is 2.56. The van der Waals surface area contributed by atoms with Crippen molar-refractivity contribution in [2.24, 2.45) is 16.3 Å². The molecule has 0 saturated heterocycles. The molecule has 0 spiro atoms. The van der Waals surface area contributed by atoms with Crippen LogP contribution in [0.25, 0.3) is 0 Å². The van der Waals surface area contributed by atoms with Crippen molar-refractivity contribution in [3.05, 3.63) is 29.1 Å². The Labute approximate surface area is 204 Å². The Morgan fingerprint density at radius 3 is 1.85 bits per heavy atom. The van der Waals surface area contributed by atoms with E-state index in [2.05, 4.69) is 32.7 Å². The highest BCUT2D eigenvalue weighted by Crippen LogP contribution is 2.40. The molecule has 0 saturated carbocycles. The summed E-state index contributed by atoms with van der Waals surface area (Å²) in [5, 5.41) is 9.89. The number of carbonyl (C=O) groups excluding carboxylic acids is 1. The molecule has 1 aromatic rings. The molecule has 0 aromatic heterocycles. The van der Waals surface area contributed by atoms with Crippen LogP contribution in [-0.2, 0) is 10.4 Å². The molecule has 34 heavy (non-hydrogen) atoms. The number of carbonyl (C=O) groups is 1. The molecular weight excluding hydrogens is 446 g/mol. The van der Waals surface area contributed by atoms with Crippen LogP contribution in [0, 0.1) is 24.1 Å². The van der Waals surface area contributed by atoms with Crippen molar-refractivity contribution >= 4 is 17.2 Å². The van der Waals surface area contributed by atoms with Crippen molar-refractivity contribution in [1.82, 2.24) is 0 Å². The van der Waals surface area contributed by atoms with Crippen LogP contribution in [-0.4, -0.2) is 22.8 Å². The highest BCUT2D eigenvalue weighted by Gasteiger charge is 2.47. The van der Waals surface area contributed by atoms with Gasteiger partial charge in [0.25, 0.3) is 0 Å². The molecule has 0 radical (unpaired) electrons. The molecule has 0 aliphatic heterocycles. The number of aryl methyl sites for hydroxylation is 1. The predicted molar refractivity (Wildman–Crippen MR) is 134 cm³/mol. The van der Waals surface area contributed by atoms with Crippen molar-refractivity contribution < 1.29 is 27.5 Å². The maximum atomic E-state index is 14.0. The van der Waals surface area contributed by atoms with Crippen LogP contribution in [0.4, 0.5) is 23.2 Å². The Bertz CT molecular complexity index is 763. The predicted octanol–water partition coefficient (Wildman–Crippen LogP) is 8.86. The molecule has 0 unspecified atom stereocenters. The number of alkyl halides is 3. The number of aliphatic hydroxyl groups is 1. The Hall–Kier alpha value is -1.76. The number of nitrogens with zero attached hydrogens (tertiary/aromatic N) is 1. The van der Waals surface area contributed by atoms with Crippen LogP contribution in [0.3, 0.4) is 0 Å². The third-order valence-electron chi connectivity index (χ3n) is 4.68. The minimum atomic E-state index is -4.29. The van der Waals surface area contributed by atoms with Crippen LogP contribution in [0.1, 0.15) is 106 Å². The molecule has 0 aliphatic carbocycles. The molecule has 1 rings (SSSR count). The third-order valence-corrected chi connectivity index (χ3v) is 4.68. The van der Waals surface area contributed by atoms with Crippen molar-refractivity contribution in [2.75, 3.05) is 0 Å². The SMILES string of the molecule is CC(C)C.CCC(=O)CC(C)(C)C(F)(F)F.CCCC(C)=Nc1c(C)cc(C(C)(C)O)cc1F. The number of hydrogen-bond acceptors (Lipinski definition) is 3. The summed E-state index contributed by atoms with van der Waals surface area (Å²) < 4.78 is 50.6. The smallest absolute Gasteiger partial charge is 0.386 e. The monoisotopic (exact) mass is 491 g/mol. The van der Waals surface area contributed by atoms with E-state index in [1.54, 1.807) is 26.8 Å².